The largest absolute Gasteiger partial charge is 0.573 e. The number of benzene rings is 1. The second-order valence-corrected chi connectivity index (χ2v) is 4.78. The molecule has 1 atom stereocenters. The van der Waals surface area contributed by atoms with Crippen LogP contribution in [0.2, 0.25) is 0 Å². The molecule has 6 nitrogen and oxygen atoms in total. The Hall–Kier alpha value is -2.58. The summed E-state index contributed by atoms with van der Waals surface area (Å²) >= 11 is 0. The Balaban J connectivity index is 2.08. The molecule has 1 aromatic heterocycles. The molecule has 2 heterocycles. The molecule has 0 spiro atoms. The average molecular weight is 313 g/mol. The molecule has 0 radical (unpaired) electrons. The molecule has 1 fully saturated rings. The molecular formula is C13H10F3N3O3. The van der Waals surface area contributed by atoms with Gasteiger partial charge in [0, 0.05) is 6.54 Å². The molecule has 1 amide bonds. The quantitative estimate of drug-likeness (QED) is 0.908. The number of halogens is 3. The summed E-state index contributed by atoms with van der Waals surface area (Å²) in [5, 5.41) is 2.55. The Morgan fingerprint density at radius 2 is 2.09 bits per heavy atom. The molecule has 22 heavy (non-hydrogen) atoms. The summed E-state index contributed by atoms with van der Waals surface area (Å²) in [5.74, 6) is -0.821. The van der Waals surface area contributed by atoms with Crippen LogP contribution in [0.1, 0.15) is 12.5 Å². The van der Waals surface area contributed by atoms with Crippen molar-refractivity contribution < 1.29 is 22.7 Å². The summed E-state index contributed by atoms with van der Waals surface area (Å²) in [7, 11) is 0. The van der Waals surface area contributed by atoms with E-state index in [2.05, 4.69) is 15.0 Å². The highest BCUT2D eigenvalue weighted by atomic mass is 19.4. The maximum atomic E-state index is 12.4. The Labute approximate surface area is 121 Å². The van der Waals surface area contributed by atoms with Crippen LogP contribution < -0.4 is 15.6 Å². The molecule has 1 aliphatic rings. The van der Waals surface area contributed by atoms with Crippen LogP contribution in [0.3, 0.4) is 0 Å². The van der Waals surface area contributed by atoms with Gasteiger partial charge >= 0.3 is 6.36 Å². The van der Waals surface area contributed by atoms with Gasteiger partial charge in [-0.15, -0.1) is 13.2 Å². The number of nitrogens with one attached hydrogen (secondary N) is 1. The van der Waals surface area contributed by atoms with Gasteiger partial charge in [-0.1, -0.05) is 0 Å². The third kappa shape index (κ3) is 2.61. The van der Waals surface area contributed by atoms with Gasteiger partial charge in [-0.25, -0.2) is 4.98 Å². The summed E-state index contributed by atoms with van der Waals surface area (Å²) < 4.78 is 41.7. The summed E-state index contributed by atoms with van der Waals surface area (Å²) in [6, 6.07) is 2.62. The zero-order valence-electron chi connectivity index (χ0n) is 11.1. The number of carbonyl (C=O) groups excluding carboxylic acids is 1. The Morgan fingerprint density at radius 1 is 1.32 bits per heavy atom. The predicted octanol–water partition coefficient (Wildman–Crippen LogP) is 1.36. The normalized spacial score (nSPS) is 18.5. The van der Waals surface area contributed by atoms with Crippen LogP contribution in [0.15, 0.2) is 29.3 Å². The van der Waals surface area contributed by atoms with E-state index in [4.69, 9.17) is 0 Å². The Kier molecular flexibility index (Phi) is 3.27. The van der Waals surface area contributed by atoms with E-state index < -0.39 is 23.7 Å². The van der Waals surface area contributed by atoms with Crippen molar-refractivity contribution in [3.8, 4) is 5.75 Å². The third-order valence-corrected chi connectivity index (χ3v) is 3.34. The minimum atomic E-state index is -4.85. The van der Waals surface area contributed by atoms with Gasteiger partial charge in [0.05, 0.1) is 17.2 Å². The fourth-order valence-corrected chi connectivity index (χ4v) is 2.38. The zero-order chi connectivity index (χ0) is 15.9. The fraction of sp³-hybridized carbons (Fsp3) is 0.308. The van der Waals surface area contributed by atoms with Crippen molar-refractivity contribution in [2.75, 3.05) is 6.54 Å². The lowest BCUT2D eigenvalue weighted by Crippen LogP contribution is -2.30. The maximum Gasteiger partial charge on any atom is 0.573 e. The fourth-order valence-electron chi connectivity index (χ4n) is 2.38. The summed E-state index contributed by atoms with van der Waals surface area (Å²) in [6.45, 7) is 0.436. The van der Waals surface area contributed by atoms with Crippen molar-refractivity contribution in [2.24, 2.45) is 0 Å². The Bertz CT molecular complexity index is 800. The molecule has 1 aromatic carbocycles. The van der Waals surface area contributed by atoms with E-state index in [1.54, 1.807) is 0 Å². The lowest BCUT2D eigenvalue weighted by atomic mass is 10.2. The highest BCUT2D eigenvalue weighted by Crippen LogP contribution is 2.25. The van der Waals surface area contributed by atoms with E-state index >= 15 is 0 Å². The number of hydrogen-bond acceptors (Lipinski definition) is 4. The van der Waals surface area contributed by atoms with Crippen molar-refractivity contribution in [3.05, 3.63) is 34.9 Å². The number of hydrogen-bond donors (Lipinski definition) is 1. The molecule has 1 N–H and O–H groups in total. The van der Waals surface area contributed by atoms with Crippen molar-refractivity contribution in [3.63, 3.8) is 0 Å². The van der Waals surface area contributed by atoms with Crippen molar-refractivity contribution >= 4 is 16.8 Å². The average Bonchev–Trinajstić information content (AvgIpc) is 2.84. The van der Waals surface area contributed by atoms with Crippen LogP contribution in [-0.4, -0.2) is 28.4 Å². The first-order valence-electron chi connectivity index (χ1n) is 6.39. The molecular weight excluding hydrogens is 303 g/mol. The molecule has 1 aliphatic heterocycles. The van der Waals surface area contributed by atoms with E-state index in [1.807, 2.05) is 0 Å². The number of amides is 1. The van der Waals surface area contributed by atoms with Gasteiger partial charge in [0.25, 0.3) is 5.56 Å². The molecule has 1 unspecified atom stereocenters. The van der Waals surface area contributed by atoms with E-state index in [0.29, 0.717) is 13.0 Å². The van der Waals surface area contributed by atoms with E-state index in [-0.39, 0.29) is 16.8 Å². The van der Waals surface area contributed by atoms with Gasteiger partial charge in [0.1, 0.15) is 11.8 Å². The lowest BCUT2D eigenvalue weighted by Gasteiger charge is -2.12. The first kappa shape index (κ1) is 14.4. The monoisotopic (exact) mass is 313 g/mol. The molecule has 3 rings (SSSR count). The number of nitrogens with zero attached hydrogens (tertiary/aromatic N) is 2. The van der Waals surface area contributed by atoms with Crippen LogP contribution >= 0.6 is 0 Å². The highest BCUT2D eigenvalue weighted by Gasteiger charge is 2.31. The van der Waals surface area contributed by atoms with Crippen LogP contribution in [0.5, 0.6) is 5.75 Å². The second kappa shape index (κ2) is 5.00. The van der Waals surface area contributed by atoms with Gasteiger partial charge in [0.15, 0.2) is 0 Å². The summed E-state index contributed by atoms with van der Waals surface area (Å²) in [6.07, 6.45) is -3.20. The number of aromatic nitrogens is 2. The van der Waals surface area contributed by atoms with Gasteiger partial charge in [-0.2, -0.15) is 0 Å². The van der Waals surface area contributed by atoms with Gasteiger partial charge < -0.3 is 10.1 Å². The van der Waals surface area contributed by atoms with Crippen molar-refractivity contribution in [1.82, 2.24) is 14.9 Å². The molecule has 1 saturated heterocycles. The minimum Gasteiger partial charge on any atom is -0.406 e. The summed E-state index contributed by atoms with van der Waals surface area (Å²) in [4.78, 5) is 28.0. The van der Waals surface area contributed by atoms with E-state index in [0.717, 1.165) is 16.7 Å². The maximum absolute atomic E-state index is 12.4. The molecule has 2 aromatic rings. The van der Waals surface area contributed by atoms with Gasteiger partial charge in [-0.3, -0.25) is 14.2 Å². The Morgan fingerprint density at radius 3 is 2.73 bits per heavy atom. The number of rotatable bonds is 2. The molecule has 0 aliphatic carbocycles. The number of alkyl halides is 3. The van der Waals surface area contributed by atoms with E-state index in [1.165, 1.54) is 12.4 Å². The van der Waals surface area contributed by atoms with Gasteiger partial charge in [-0.05, 0) is 24.6 Å². The topological polar surface area (TPSA) is 73.2 Å². The van der Waals surface area contributed by atoms with Crippen LogP contribution in [0, 0.1) is 0 Å². The molecule has 0 saturated carbocycles. The minimum absolute atomic E-state index is 0.0380. The summed E-state index contributed by atoms with van der Waals surface area (Å²) in [5.41, 5.74) is -0.353. The van der Waals surface area contributed by atoms with Crippen LogP contribution in [-0.2, 0) is 4.79 Å². The predicted molar refractivity (Wildman–Crippen MR) is 69.3 cm³/mol. The van der Waals surface area contributed by atoms with Crippen molar-refractivity contribution in [2.45, 2.75) is 18.8 Å². The molecule has 9 heteroatoms. The molecule has 116 valence electrons. The first-order valence-corrected chi connectivity index (χ1v) is 6.39. The van der Waals surface area contributed by atoms with Crippen LogP contribution in [0.4, 0.5) is 13.2 Å². The van der Waals surface area contributed by atoms with E-state index in [9.17, 15) is 22.8 Å². The van der Waals surface area contributed by atoms with Gasteiger partial charge in [0.2, 0.25) is 5.91 Å². The number of fused-ring (bicyclic) bond motifs is 1. The smallest absolute Gasteiger partial charge is 0.406 e. The lowest BCUT2D eigenvalue weighted by molar-refractivity contribution is -0.274. The highest BCUT2D eigenvalue weighted by molar-refractivity contribution is 5.83. The zero-order valence-corrected chi connectivity index (χ0v) is 11.1. The first-order chi connectivity index (χ1) is 10.3. The van der Waals surface area contributed by atoms with Crippen LogP contribution in [0.25, 0.3) is 10.9 Å². The standard InChI is InChI=1S/C13H10F3N3O3/c14-13(15,16)22-7-1-2-9-8(5-7)12(21)19(6-18-9)10-3-4-17-11(10)20/h1-2,5-6,10H,3-4H2,(H,17,20). The number of carbonyl (C=O) groups is 1. The second-order valence-electron chi connectivity index (χ2n) is 4.78. The SMILES string of the molecule is O=C1NCCC1n1cnc2ccc(OC(F)(F)F)cc2c1=O. The van der Waals surface area contributed by atoms with Crippen molar-refractivity contribution in [1.29, 1.82) is 0 Å². The third-order valence-electron chi connectivity index (χ3n) is 3.34. The number of ether oxygens (including phenoxy) is 1. The molecule has 0 bridgehead atoms.